The molecule has 0 bridgehead atoms. The summed E-state index contributed by atoms with van der Waals surface area (Å²) in [7, 11) is 0. The molecule has 1 aromatic carbocycles. The van der Waals surface area contributed by atoms with Crippen LogP contribution in [0, 0.1) is 0 Å². The minimum atomic E-state index is 0.0984. The lowest BCUT2D eigenvalue weighted by atomic mass is 9.75. The van der Waals surface area contributed by atoms with Crippen molar-refractivity contribution in [3.8, 4) is 0 Å². The zero-order chi connectivity index (χ0) is 14.2. The van der Waals surface area contributed by atoms with Crippen molar-refractivity contribution in [2.75, 3.05) is 0 Å². The van der Waals surface area contributed by atoms with Crippen molar-refractivity contribution >= 4 is 17.1 Å². The third-order valence-corrected chi connectivity index (χ3v) is 6.14. The second-order valence-corrected chi connectivity index (χ2v) is 7.32. The van der Waals surface area contributed by atoms with Crippen molar-refractivity contribution < 1.29 is 4.79 Å². The number of fused-ring (bicyclic) bond motifs is 1. The number of hydrogen-bond donors (Lipinski definition) is 0. The molecule has 2 heteroatoms. The predicted molar refractivity (Wildman–Crippen MR) is 87.4 cm³/mol. The van der Waals surface area contributed by atoms with E-state index in [1.165, 1.54) is 35.3 Å². The first-order chi connectivity index (χ1) is 10.3. The molecule has 108 valence electrons. The Balaban J connectivity index is 1.70. The molecule has 4 rings (SSSR count). The molecule has 0 N–H and O–H groups in total. The summed E-state index contributed by atoms with van der Waals surface area (Å²) >= 11 is 1.82. The van der Waals surface area contributed by atoms with Gasteiger partial charge in [0.25, 0.3) is 0 Å². The van der Waals surface area contributed by atoms with Gasteiger partial charge in [0, 0.05) is 16.4 Å². The molecular formula is C19H20OS. The number of carbonyl (C=O) groups is 1. The summed E-state index contributed by atoms with van der Waals surface area (Å²) in [4.78, 5) is 14.6. The van der Waals surface area contributed by atoms with Crippen LogP contribution < -0.4 is 0 Å². The third kappa shape index (κ3) is 2.26. The molecule has 2 aliphatic carbocycles. The van der Waals surface area contributed by atoms with Crippen LogP contribution in [0.25, 0.3) is 0 Å². The highest BCUT2D eigenvalue weighted by atomic mass is 32.1. The van der Waals surface area contributed by atoms with Crippen molar-refractivity contribution in [1.29, 1.82) is 0 Å². The van der Waals surface area contributed by atoms with Gasteiger partial charge in [-0.15, -0.1) is 11.3 Å². The van der Waals surface area contributed by atoms with Crippen LogP contribution in [0.4, 0.5) is 0 Å². The van der Waals surface area contributed by atoms with Gasteiger partial charge in [0.2, 0.25) is 0 Å². The molecule has 1 saturated carbocycles. The molecule has 1 atom stereocenters. The molecule has 2 aromatic rings. The summed E-state index contributed by atoms with van der Waals surface area (Å²) in [6.45, 7) is 0. The van der Waals surface area contributed by atoms with Gasteiger partial charge in [-0.25, -0.2) is 0 Å². The fourth-order valence-electron chi connectivity index (χ4n) is 3.74. The molecule has 0 saturated heterocycles. The summed E-state index contributed by atoms with van der Waals surface area (Å²) in [6, 6.07) is 10.5. The Hall–Kier alpha value is -1.41. The van der Waals surface area contributed by atoms with Crippen molar-refractivity contribution in [2.24, 2.45) is 0 Å². The molecule has 1 heterocycles. The van der Waals surface area contributed by atoms with Gasteiger partial charge in [-0.2, -0.15) is 0 Å². The molecule has 1 nitrogen and oxygen atoms in total. The molecule has 21 heavy (non-hydrogen) atoms. The first-order valence-electron chi connectivity index (χ1n) is 8.04. The van der Waals surface area contributed by atoms with Crippen LogP contribution >= 0.6 is 11.3 Å². The maximum atomic E-state index is 13.1. The highest BCUT2D eigenvalue weighted by Gasteiger charge is 2.31. The Morgan fingerprint density at radius 2 is 1.86 bits per heavy atom. The van der Waals surface area contributed by atoms with Gasteiger partial charge in [-0.05, 0) is 60.6 Å². The van der Waals surface area contributed by atoms with Crippen molar-refractivity contribution in [1.82, 2.24) is 0 Å². The lowest BCUT2D eigenvalue weighted by Gasteiger charge is -2.29. The average molecular weight is 296 g/mol. The third-order valence-electron chi connectivity index (χ3n) is 5.14. The van der Waals surface area contributed by atoms with Crippen molar-refractivity contribution in [3.05, 3.63) is 57.3 Å². The van der Waals surface area contributed by atoms with E-state index in [1.54, 1.807) is 0 Å². The molecule has 2 aliphatic rings. The Labute approximate surface area is 130 Å². The van der Waals surface area contributed by atoms with Gasteiger partial charge in [0.1, 0.15) is 0 Å². The standard InChI is InChI=1S/C19H20OS/c20-19(17-9-4-10-18-15(17)11-12-21-18)16-8-2-1-7-14(16)13-5-3-6-13/h1-2,7-8,11-13,17H,3-6,9-10H2. The Kier molecular flexibility index (Phi) is 3.42. The lowest BCUT2D eigenvalue weighted by molar-refractivity contribution is 0.0949. The Morgan fingerprint density at radius 3 is 2.67 bits per heavy atom. The number of benzene rings is 1. The van der Waals surface area contributed by atoms with E-state index in [-0.39, 0.29) is 5.92 Å². The van der Waals surface area contributed by atoms with E-state index < -0.39 is 0 Å². The molecule has 1 aromatic heterocycles. The topological polar surface area (TPSA) is 17.1 Å². The summed E-state index contributed by atoms with van der Waals surface area (Å²) in [5, 5.41) is 2.15. The fraction of sp³-hybridized carbons (Fsp3) is 0.421. The van der Waals surface area contributed by atoms with Crippen molar-refractivity contribution in [2.45, 2.75) is 50.4 Å². The Bertz CT molecular complexity index is 666. The van der Waals surface area contributed by atoms with Gasteiger partial charge in [0.15, 0.2) is 5.78 Å². The van der Waals surface area contributed by atoms with Crippen LogP contribution in [-0.2, 0) is 6.42 Å². The normalized spacial score (nSPS) is 21.6. The fourth-order valence-corrected chi connectivity index (χ4v) is 4.73. The number of hydrogen-bond acceptors (Lipinski definition) is 2. The minimum Gasteiger partial charge on any atom is -0.293 e. The highest BCUT2D eigenvalue weighted by Crippen LogP contribution is 2.41. The second kappa shape index (κ2) is 5.42. The smallest absolute Gasteiger partial charge is 0.170 e. The summed E-state index contributed by atoms with van der Waals surface area (Å²) in [6.07, 6.45) is 7.13. The number of thiophene rings is 1. The first-order valence-corrected chi connectivity index (χ1v) is 8.92. The predicted octanol–water partition coefficient (Wildman–Crippen LogP) is 5.32. The van der Waals surface area contributed by atoms with Crippen LogP contribution in [0.2, 0.25) is 0 Å². The summed E-state index contributed by atoms with van der Waals surface area (Å²) in [5.74, 6) is 1.08. The molecule has 1 unspecified atom stereocenters. The van der Waals surface area contributed by atoms with E-state index in [4.69, 9.17) is 0 Å². The summed E-state index contributed by atoms with van der Waals surface area (Å²) < 4.78 is 0. The van der Waals surface area contributed by atoms with Gasteiger partial charge in [-0.3, -0.25) is 4.79 Å². The zero-order valence-corrected chi connectivity index (χ0v) is 13.0. The largest absolute Gasteiger partial charge is 0.293 e. The molecule has 0 aliphatic heterocycles. The van der Waals surface area contributed by atoms with Crippen LogP contribution in [0.3, 0.4) is 0 Å². The van der Waals surface area contributed by atoms with Gasteiger partial charge in [-0.1, -0.05) is 30.7 Å². The SMILES string of the molecule is O=C(c1ccccc1C1CCC1)C1CCCc2sccc21. The first kappa shape index (κ1) is 13.3. The highest BCUT2D eigenvalue weighted by molar-refractivity contribution is 7.10. The Morgan fingerprint density at radius 1 is 1.00 bits per heavy atom. The number of ketones is 1. The van der Waals surface area contributed by atoms with Crippen molar-refractivity contribution in [3.63, 3.8) is 0 Å². The monoisotopic (exact) mass is 296 g/mol. The lowest BCUT2D eigenvalue weighted by Crippen LogP contribution is -2.20. The molecule has 0 spiro atoms. The van der Waals surface area contributed by atoms with Crippen LogP contribution in [0.1, 0.15) is 70.3 Å². The maximum Gasteiger partial charge on any atom is 0.170 e. The molecular weight excluding hydrogens is 276 g/mol. The van der Waals surface area contributed by atoms with E-state index in [0.29, 0.717) is 11.7 Å². The molecule has 0 amide bonds. The number of Topliss-reactive ketones (excluding diaryl/α,β-unsaturated/α-hetero) is 1. The summed E-state index contributed by atoms with van der Waals surface area (Å²) in [5.41, 5.74) is 3.60. The number of aryl methyl sites for hydroxylation is 1. The van der Waals surface area contributed by atoms with Gasteiger partial charge in [0.05, 0.1) is 0 Å². The maximum absolute atomic E-state index is 13.1. The van der Waals surface area contributed by atoms with E-state index in [9.17, 15) is 4.79 Å². The van der Waals surface area contributed by atoms with Gasteiger partial charge >= 0.3 is 0 Å². The van der Waals surface area contributed by atoms with Crippen LogP contribution in [-0.4, -0.2) is 5.78 Å². The quantitative estimate of drug-likeness (QED) is 0.701. The second-order valence-electron chi connectivity index (χ2n) is 6.32. The molecule has 0 radical (unpaired) electrons. The number of carbonyl (C=O) groups excluding carboxylic acids is 1. The van der Waals surface area contributed by atoms with E-state index >= 15 is 0 Å². The van der Waals surface area contributed by atoms with E-state index in [0.717, 1.165) is 24.8 Å². The minimum absolute atomic E-state index is 0.0984. The van der Waals surface area contributed by atoms with E-state index in [2.05, 4.69) is 29.6 Å². The zero-order valence-electron chi connectivity index (χ0n) is 12.2. The number of rotatable bonds is 3. The van der Waals surface area contributed by atoms with Crippen LogP contribution in [0.5, 0.6) is 0 Å². The molecule has 1 fully saturated rings. The average Bonchev–Trinajstić information content (AvgIpc) is 2.93. The van der Waals surface area contributed by atoms with Gasteiger partial charge < -0.3 is 0 Å². The van der Waals surface area contributed by atoms with E-state index in [1.807, 2.05) is 17.4 Å². The van der Waals surface area contributed by atoms with Crippen LogP contribution in [0.15, 0.2) is 35.7 Å².